The number of rotatable bonds is 2. The van der Waals surface area contributed by atoms with E-state index in [9.17, 15) is 13.2 Å². The van der Waals surface area contributed by atoms with Crippen LogP contribution in [-0.4, -0.2) is 30.0 Å². The van der Waals surface area contributed by atoms with Gasteiger partial charge < -0.3 is 0 Å². The molecular weight excluding hydrogens is 276 g/mol. The number of hydrogen-bond acceptors (Lipinski definition) is 3. The summed E-state index contributed by atoms with van der Waals surface area (Å²) in [4.78, 5) is 11.3. The van der Waals surface area contributed by atoms with Crippen molar-refractivity contribution in [1.29, 1.82) is 0 Å². The van der Waals surface area contributed by atoms with Crippen LogP contribution in [0.3, 0.4) is 0 Å². The lowest BCUT2D eigenvalue weighted by Gasteiger charge is -2.32. The minimum Gasteiger partial charge on any atom is -0.268 e. The second-order valence-corrected chi connectivity index (χ2v) is 7.30. The zero-order valence-electron chi connectivity index (χ0n) is 9.97. The zero-order valence-corrected chi connectivity index (χ0v) is 11.5. The van der Waals surface area contributed by atoms with Crippen molar-refractivity contribution in [3.63, 3.8) is 0 Å². The third-order valence-corrected chi connectivity index (χ3v) is 3.91. The first-order chi connectivity index (χ1) is 8.21. The number of carbonyl (C=O) groups is 1. The van der Waals surface area contributed by atoms with Gasteiger partial charge in [0.15, 0.2) is 0 Å². The van der Waals surface area contributed by atoms with Gasteiger partial charge in [0.1, 0.15) is 0 Å². The fourth-order valence-electron chi connectivity index (χ4n) is 1.69. The number of nitrogens with one attached hydrogen (secondary N) is 1. The first kappa shape index (κ1) is 13.2. The minimum atomic E-state index is -3.87. The normalized spacial score (nSPS) is 18.2. The summed E-state index contributed by atoms with van der Waals surface area (Å²) in [6.07, 6.45) is 0. The number of alkyl halides is 1. The lowest BCUT2D eigenvalue weighted by molar-refractivity contribution is 0.0853. The molecule has 18 heavy (non-hydrogen) atoms. The van der Waals surface area contributed by atoms with Crippen molar-refractivity contribution in [3.8, 4) is 0 Å². The Hall–Kier alpha value is -1.27. The Morgan fingerprint density at radius 3 is 2.56 bits per heavy atom. The summed E-state index contributed by atoms with van der Waals surface area (Å²) in [5, 5.41) is 0. The summed E-state index contributed by atoms with van der Waals surface area (Å²) < 4.78 is 27.1. The largest absolute Gasteiger partial charge is 0.326 e. The molecule has 7 heteroatoms. The predicted octanol–water partition coefficient (Wildman–Crippen LogP) is 1.82. The predicted molar refractivity (Wildman–Crippen MR) is 70.0 cm³/mol. The minimum absolute atomic E-state index is 0.0863. The van der Waals surface area contributed by atoms with Gasteiger partial charge >= 0.3 is 10.2 Å². The van der Waals surface area contributed by atoms with Gasteiger partial charge in [-0.05, 0) is 26.0 Å². The molecule has 0 radical (unpaired) electrons. The second kappa shape index (κ2) is 4.13. The van der Waals surface area contributed by atoms with Gasteiger partial charge in [-0.25, -0.2) is 4.31 Å². The third kappa shape index (κ3) is 2.44. The van der Waals surface area contributed by atoms with E-state index in [2.05, 4.69) is 4.72 Å². The maximum atomic E-state index is 12.2. The summed E-state index contributed by atoms with van der Waals surface area (Å²) in [6, 6.07) is 6.47. The molecule has 0 atom stereocenters. The molecule has 5 nitrogen and oxygen atoms in total. The summed E-state index contributed by atoms with van der Waals surface area (Å²) in [6.45, 7) is 3.22. The number of hydrogen-bond donors (Lipinski definition) is 1. The fourth-order valence-corrected chi connectivity index (χ4v) is 3.26. The van der Waals surface area contributed by atoms with Crippen LogP contribution in [0, 0.1) is 0 Å². The van der Waals surface area contributed by atoms with Crippen LogP contribution in [0.25, 0.3) is 0 Å². The van der Waals surface area contributed by atoms with E-state index in [1.54, 1.807) is 38.1 Å². The Balaban J connectivity index is 2.47. The van der Waals surface area contributed by atoms with Crippen molar-refractivity contribution < 1.29 is 13.2 Å². The van der Waals surface area contributed by atoms with E-state index in [4.69, 9.17) is 11.6 Å². The number of anilines is 1. The van der Waals surface area contributed by atoms with Crippen LogP contribution >= 0.6 is 11.6 Å². The molecule has 1 aliphatic heterocycles. The number of para-hydroxylation sites is 1. The van der Waals surface area contributed by atoms with E-state index in [1.807, 2.05) is 0 Å². The maximum absolute atomic E-state index is 12.2. The van der Waals surface area contributed by atoms with Crippen molar-refractivity contribution in [2.24, 2.45) is 0 Å². The summed E-state index contributed by atoms with van der Waals surface area (Å²) in [5.41, 5.74) is 0.624. The molecule has 1 N–H and O–H groups in total. The highest BCUT2D eigenvalue weighted by molar-refractivity contribution is 7.91. The summed E-state index contributed by atoms with van der Waals surface area (Å²) in [5.74, 6) is -0.557. The Labute approximate surface area is 111 Å². The van der Waals surface area contributed by atoms with Gasteiger partial charge in [-0.1, -0.05) is 12.1 Å². The molecule has 1 heterocycles. The van der Waals surface area contributed by atoms with Crippen LogP contribution in [0.4, 0.5) is 5.69 Å². The SMILES string of the molecule is CC(C)(Cl)CN1C(=O)c2ccccc2NS1(=O)=O. The van der Waals surface area contributed by atoms with Gasteiger partial charge in [0.25, 0.3) is 5.91 Å². The van der Waals surface area contributed by atoms with Gasteiger partial charge in [-0.15, -0.1) is 11.6 Å². The molecule has 0 spiro atoms. The molecule has 2 rings (SSSR count). The van der Waals surface area contributed by atoms with Crippen molar-refractivity contribution in [1.82, 2.24) is 4.31 Å². The first-order valence-electron chi connectivity index (χ1n) is 5.33. The highest BCUT2D eigenvalue weighted by Crippen LogP contribution is 2.28. The van der Waals surface area contributed by atoms with Crippen LogP contribution < -0.4 is 4.72 Å². The molecule has 0 fully saturated rings. The molecule has 0 unspecified atom stereocenters. The van der Waals surface area contributed by atoms with Gasteiger partial charge in [-0.2, -0.15) is 8.42 Å². The zero-order chi connectivity index (χ0) is 13.6. The number of nitrogens with zero attached hydrogens (tertiary/aromatic N) is 1. The Kier molecular flexibility index (Phi) is 3.03. The average Bonchev–Trinajstić information content (AvgIpc) is 2.22. The van der Waals surface area contributed by atoms with Crippen LogP contribution in [0.15, 0.2) is 24.3 Å². The standard InChI is InChI=1S/C11H13ClN2O3S/c1-11(2,12)7-14-10(15)8-5-3-4-6-9(8)13-18(14,16)17/h3-6,13H,7H2,1-2H3. The Bertz CT molecular complexity index is 593. The number of carbonyl (C=O) groups excluding carboxylic acids is 1. The molecule has 0 bridgehead atoms. The van der Waals surface area contributed by atoms with E-state index in [0.29, 0.717) is 11.3 Å². The number of halogens is 1. The van der Waals surface area contributed by atoms with Crippen LogP contribution in [0.2, 0.25) is 0 Å². The number of benzene rings is 1. The molecule has 1 aromatic rings. The molecule has 0 aromatic heterocycles. The van der Waals surface area contributed by atoms with Crippen LogP contribution in [0.5, 0.6) is 0 Å². The fraction of sp³-hybridized carbons (Fsp3) is 0.364. The maximum Gasteiger partial charge on any atom is 0.326 e. The topological polar surface area (TPSA) is 66.5 Å². The van der Waals surface area contributed by atoms with Crippen molar-refractivity contribution in [3.05, 3.63) is 29.8 Å². The Morgan fingerprint density at radius 2 is 1.94 bits per heavy atom. The molecule has 1 amide bonds. The van der Waals surface area contributed by atoms with Crippen molar-refractivity contribution >= 4 is 33.4 Å². The van der Waals surface area contributed by atoms with E-state index >= 15 is 0 Å². The third-order valence-electron chi connectivity index (χ3n) is 2.43. The highest BCUT2D eigenvalue weighted by atomic mass is 35.5. The van der Waals surface area contributed by atoms with Gasteiger partial charge in [0.05, 0.1) is 22.7 Å². The van der Waals surface area contributed by atoms with E-state index in [-0.39, 0.29) is 6.54 Å². The lowest BCUT2D eigenvalue weighted by Crippen LogP contribution is -2.49. The summed E-state index contributed by atoms with van der Waals surface area (Å²) in [7, 11) is -3.87. The highest BCUT2D eigenvalue weighted by Gasteiger charge is 2.38. The van der Waals surface area contributed by atoms with Gasteiger partial charge in [-0.3, -0.25) is 9.52 Å². The number of amides is 1. The molecule has 0 saturated carbocycles. The van der Waals surface area contributed by atoms with Gasteiger partial charge in [0.2, 0.25) is 0 Å². The molecular formula is C11H13ClN2O3S. The van der Waals surface area contributed by atoms with Crippen LogP contribution in [-0.2, 0) is 10.2 Å². The molecule has 0 saturated heterocycles. The summed E-state index contributed by atoms with van der Waals surface area (Å²) >= 11 is 6.00. The van der Waals surface area contributed by atoms with E-state index < -0.39 is 21.0 Å². The first-order valence-corrected chi connectivity index (χ1v) is 7.15. The van der Waals surface area contributed by atoms with Gasteiger partial charge in [0, 0.05) is 0 Å². The lowest BCUT2D eigenvalue weighted by atomic mass is 10.1. The Morgan fingerprint density at radius 1 is 1.33 bits per heavy atom. The van der Waals surface area contributed by atoms with Crippen molar-refractivity contribution in [2.45, 2.75) is 18.7 Å². The average molecular weight is 289 g/mol. The van der Waals surface area contributed by atoms with Crippen molar-refractivity contribution in [2.75, 3.05) is 11.3 Å². The second-order valence-electron chi connectivity index (χ2n) is 4.68. The monoisotopic (exact) mass is 288 g/mol. The van der Waals surface area contributed by atoms with Crippen LogP contribution in [0.1, 0.15) is 24.2 Å². The molecule has 0 aliphatic carbocycles. The quantitative estimate of drug-likeness (QED) is 0.844. The molecule has 98 valence electrons. The molecule has 1 aliphatic rings. The van der Waals surface area contributed by atoms with E-state index in [0.717, 1.165) is 4.31 Å². The smallest absolute Gasteiger partial charge is 0.268 e. The molecule has 1 aromatic carbocycles. The number of fused-ring (bicyclic) bond motifs is 1. The van der Waals surface area contributed by atoms with E-state index in [1.165, 1.54) is 0 Å².